The van der Waals surface area contributed by atoms with Crippen LogP contribution in [0.1, 0.15) is 21.5 Å². The Labute approximate surface area is 167 Å². The van der Waals surface area contributed by atoms with Crippen molar-refractivity contribution < 1.29 is 18.7 Å². The second kappa shape index (κ2) is 7.75. The molecule has 0 saturated carbocycles. The van der Waals surface area contributed by atoms with E-state index in [-0.39, 0.29) is 24.2 Å². The second-order valence-electron chi connectivity index (χ2n) is 6.90. The van der Waals surface area contributed by atoms with Crippen LogP contribution in [-0.4, -0.2) is 18.4 Å². The highest BCUT2D eigenvalue weighted by Gasteiger charge is 2.26. The minimum atomic E-state index is -0.323. The third-order valence-corrected chi connectivity index (χ3v) is 4.73. The molecule has 0 atom stereocenters. The Kier molecular flexibility index (Phi) is 4.99. The molecule has 1 aliphatic rings. The number of carbonyl (C=O) groups is 2. The SMILES string of the molecule is Cc1ccc(C(=O)Nc2ccc3c(c2)OCC(=O)N3Cc2ccc(F)cc2)cc1. The summed E-state index contributed by atoms with van der Waals surface area (Å²) in [7, 11) is 0. The number of hydrogen-bond donors (Lipinski definition) is 1. The maximum atomic E-state index is 13.1. The fourth-order valence-electron chi connectivity index (χ4n) is 3.14. The summed E-state index contributed by atoms with van der Waals surface area (Å²) in [6, 6.07) is 18.5. The number of ether oxygens (including phenoxy) is 1. The molecule has 6 heteroatoms. The van der Waals surface area contributed by atoms with Crippen LogP contribution in [-0.2, 0) is 11.3 Å². The van der Waals surface area contributed by atoms with Crippen molar-refractivity contribution in [1.82, 2.24) is 0 Å². The van der Waals surface area contributed by atoms with Crippen molar-refractivity contribution in [1.29, 1.82) is 0 Å². The zero-order valence-electron chi connectivity index (χ0n) is 15.8. The number of nitrogens with zero attached hydrogens (tertiary/aromatic N) is 1. The van der Waals surface area contributed by atoms with Gasteiger partial charge in [0.25, 0.3) is 11.8 Å². The number of benzene rings is 3. The monoisotopic (exact) mass is 390 g/mol. The Morgan fingerprint density at radius 1 is 1.07 bits per heavy atom. The zero-order chi connectivity index (χ0) is 20.4. The van der Waals surface area contributed by atoms with E-state index in [1.165, 1.54) is 12.1 Å². The summed E-state index contributed by atoms with van der Waals surface area (Å²) in [5.74, 6) is -0.219. The molecule has 0 spiro atoms. The highest BCUT2D eigenvalue weighted by Crippen LogP contribution is 2.35. The van der Waals surface area contributed by atoms with Gasteiger partial charge in [0.05, 0.1) is 12.2 Å². The average molecular weight is 390 g/mol. The number of carbonyl (C=O) groups excluding carboxylic acids is 2. The molecule has 2 amide bonds. The van der Waals surface area contributed by atoms with Crippen LogP contribution in [0, 0.1) is 12.7 Å². The van der Waals surface area contributed by atoms with Crippen LogP contribution in [0.3, 0.4) is 0 Å². The van der Waals surface area contributed by atoms with Gasteiger partial charge in [-0.2, -0.15) is 0 Å². The molecule has 146 valence electrons. The van der Waals surface area contributed by atoms with Gasteiger partial charge < -0.3 is 15.0 Å². The second-order valence-corrected chi connectivity index (χ2v) is 6.90. The number of anilines is 2. The number of fused-ring (bicyclic) bond motifs is 1. The van der Waals surface area contributed by atoms with Gasteiger partial charge >= 0.3 is 0 Å². The van der Waals surface area contributed by atoms with Crippen LogP contribution in [0.5, 0.6) is 5.75 Å². The van der Waals surface area contributed by atoms with E-state index < -0.39 is 0 Å². The number of nitrogens with one attached hydrogen (secondary N) is 1. The lowest BCUT2D eigenvalue weighted by molar-refractivity contribution is -0.121. The van der Waals surface area contributed by atoms with Crippen molar-refractivity contribution in [3.05, 3.63) is 89.2 Å². The molecule has 4 rings (SSSR count). The molecule has 0 unspecified atom stereocenters. The van der Waals surface area contributed by atoms with Crippen molar-refractivity contribution >= 4 is 23.2 Å². The molecule has 0 aromatic heterocycles. The summed E-state index contributed by atoms with van der Waals surface area (Å²) in [4.78, 5) is 26.4. The highest BCUT2D eigenvalue weighted by molar-refractivity contribution is 6.05. The van der Waals surface area contributed by atoms with Crippen LogP contribution in [0.15, 0.2) is 66.7 Å². The summed E-state index contributed by atoms with van der Waals surface area (Å²) in [5, 5.41) is 2.85. The van der Waals surface area contributed by atoms with E-state index in [2.05, 4.69) is 5.32 Å². The Morgan fingerprint density at radius 3 is 2.52 bits per heavy atom. The van der Waals surface area contributed by atoms with Crippen LogP contribution in [0.4, 0.5) is 15.8 Å². The van der Waals surface area contributed by atoms with Gasteiger partial charge in [-0.25, -0.2) is 4.39 Å². The number of rotatable bonds is 4. The Hall–Kier alpha value is -3.67. The van der Waals surface area contributed by atoms with Crippen LogP contribution < -0.4 is 15.0 Å². The van der Waals surface area contributed by atoms with E-state index in [1.54, 1.807) is 47.4 Å². The van der Waals surface area contributed by atoms with Crippen LogP contribution in [0.25, 0.3) is 0 Å². The molecular formula is C23H19FN2O3. The predicted molar refractivity (Wildman–Crippen MR) is 109 cm³/mol. The van der Waals surface area contributed by atoms with Crippen molar-refractivity contribution in [2.75, 3.05) is 16.8 Å². The summed E-state index contributed by atoms with van der Waals surface area (Å²) in [6.07, 6.45) is 0. The van der Waals surface area contributed by atoms with Crippen molar-refractivity contribution in [2.45, 2.75) is 13.5 Å². The lowest BCUT2D eigenvalue weighted by atomic mass is 10.1. The molecule has 3 aromatic carbocycles. The van der Waals surface area contributed by atoms with E-state index in [9.17, 15) is 14.0 Å². The van der Waals surface area contributed by atoms with Gasteiger partial charge in [0.15, 0.2) is 6.61 Å². The van der Waals surface area contributed by atoms with Crippen molar-refractivity contribution in [3.63, 3.8) is 0 Å². The first kappa shape index (κ1) is 18.7. The Bertz CT molecular complexity index is 1060. The maximum absolute atomic E-state index is 13.1. The number of aryl methyl sites for hydroxylation is 1. The van der Waals surface area contributed by atoms with E-state index >= 15 is 0 Å². The standard InChI is InChI=1S/C23H19FN2O3/c1-15-2-6-17(7-3-15)23(28)25-19-10-11-20-21(12-19)29-14-22(27)26(20)13-16-4-8-18(24)9-5-16/h2-12H,13-14H2,1H3,(H,25,28). The molecule has 0 radical (unpaired) electrons. The van der Waals surface area contributed by atoms with E-state index in [1.807, 2.05) is 19.1 Å². The number of halogens is 1. The number of amides is 2. The minimum Gasteiger partial charge on any atom is -0.481 e. The van der Waals surface area contributed by atoms with E-state index in [4.69, 9.17) is 4.74 Å². The third kappa shape index (κ3) is 4.11. The van der Waals surface area contributed by atoms with Crippen LogP contribution >= 0.6 is 0 Å². The molecule has 0 fully saturated rings. The van der Waals surface area contributed by atoms with E-state index in [0.29, 0.717) is 29.2 Å². The third-order valence-electron chi connectivity index (χ3n) is 4.73. The van der Waals surface area contributed by atoms with Crippen molar-refractivity contribution in [3.8, 4) is 5.75 Å². The van der Waals surface area contributed by atoms with Crippen LogP contribution in [0.2, 0.25) is 0 Å². The molecule has 1 aliphatic heterocycles. The average Bonchev–Trinajstić information content (AvgIpc) is 2.72. The van der Waals surface area contributed by atoms with E-state index in [0.717, 1.165) is 11.1 Å². The first-order valence-corrected chi connectivity index (χ1v) is 9.19. The Balaban J connectivity index is 1.54. The summed E-state index contributed by atoms with van der Waals surface area (Å²) < 4.78 is 18.7. The van der Waals surface area contributed by atoms with Gasteiger partial charge in [-0.3, -0.25) is 9.59 Å². The highest BCUT2D eigenvalue weighted by atomic mass is 19.1. The van der Waals surface area contributed by atoms with Gasteiger partial charge in [-0.15, -0.1) is 0 Å². The molecule has 5 nitrogen and oxygen atoms in total. The predicted octanol–water partition coefficient (Wildman–Crippen LogP) is 4.31. The lowest BCUT2D eigenvalue weighted by Crippen LogP contribution is -2.38. The van der Waals surface area contributed by atoms with Gasteiger partial charge in [-0.1, -0.05) is 29.8 Å². The molecule has 0 bridgehead atoms. The quantitative estimate of drug-likeness (QED) is 0.722. The number of hydrogen-bond acceptors (Lipinski definition) is 3. The normalized spacial score (nSPS) is 12.9. The van der Waals surface area contributed by atoms with Gasteiger partial charge in [0.2, 0.25) is 0 Å². The minimum absolute atomic E-state index is 0.0937. The summed E-state index contributed by atoms with van der Waals surface area (Å²) >= 11 is 0. The fraction of sp³-hybridized carbons (Fsp3) is 0.130. The maximum Gasteiger partial charge on any atom is 0.265 e. The first-order valence-electron chi connectivity index (χ1n) is 9.19. The van der Waals surface area contributed by atoms with Gasteiger partial charge in [0.1, 0.15) is 11.6 Å². The first-order chi connectivity index (χ1) is 14.0. The molecule has 1 N–H and O–H groups in total. The Morgan fingerprint density at radius 2 is 1.79 bits per heavy atom. The van der Waals surface area contributed by atoms with Crippen molar-refractivity contribution in [2.24, 2.45) is 0 Å². The molecule has 3 aromatic rings. The lowest BCUT2D eigenvalue weighted by Gasteiger charge is -2.29. The topological polar surface area (TPSA) is 58.6 Å². The zero-order valence-corrected chi connectivity index (χ0v) is 15.8. The van der Waals surface area contributed by atoms with Gasteiger partial charge in [0, 0.05) is 17.3 Å². The van der Waals surface area contributed by atoms with Gasteiger partial charge in [-0.05, 0) is 48.9 Å². The smallest absolute Gasteiger partial charge is 0.265 e. The molecule has 0 saturated heterocycles. The molecule has 1 heterocycles. The fourth-order valence-corrected chi connectivity index (χ4v) is 3.14. The molecule has 29 heavy (non-hydrogen) atoms. The largest absolute Gasteiger partial charge is 0.481 e. The summed E-state index contributed by atoms with van der Waals surface area (Å²) in [6.45, 7) is 2.18. The molecular weight excluding hydrogens is 371 g/mol. The molecule has 0 aliphatic carbocycles. The summed E-state index contributed by atoms with van der Waals surface area (Å²) in [5.41, 5.74) is 3.63.